The Kier molecular flexibility index (Phi) is 6.19. The third-order valence-electron chi connectivity index (χ3n) is 3.74. The van der Waals surface area contributed by atoms with Crippen LogP contribution in [-0.4, -0.2) is 13.0 Å². The van der Waals surface area contributed by atoms with Crippen LogP contribution in [0.1, 0.15) is 18.1 Å². The lowest BCUT2D eigenvalue weighted by molar-refractivity contribution is -0.112. The largest absolute Gasteiger partial charge is 0.495 e. The van der Waals surface area contributed by atoms with Crippen LogP contribution >= 0.6 is 0 Å². The standard InChI is InChI=1S/C20H21N3O2/c1-4-15-7-5-6-8-17(15)22-13-16(12-21)20(24)23-18-11-14(2)9-10-19(18)25-3/h5-11,13,22H,4H2,1-3H3,(H,23,24)/b16-13-. The Morgan fingerprint density at radius 1 is 1.24 bits per heavy atom. The van der Waals surface area contributed by atoms with Gasteiger partial charge in [-0.1, -0.05) is 31.2 Å². The molecule has 0 aliphatic carbocycles. The van der Waals surface area contributed by atoms with E-state index in [9.17, 15) is 10.1 Å². The normalized spacial score (nSPS) is 10.7. The molecule has 2 N–H and O–H groups in total. The van der Waals surface area contributed by atoms with Gasteiger partial charge in [0.25, 0.3) is 5.91 Å². The smallest absolute Gasteiger partial charge is 0.267 e. The summed E-state index contributed by atoms with van der Waals surface area (Å²) >= 11 is 0. The number of nitrogens with zero attached hydrogens (tertiary/aromatic N) is 1. The third kappa shape index (κ3) is 4.61. The molecule has 25 heavy (non-hydrogen) atoms. The fourth-order valence-corrected chi connectivity index (χ4v) is 2.38. The molecule has 5 nitrogen and oxygen atoms in total. The van der Waals surface area contributed by atoms with Gasteiger partial charge in [0.15, 0.2) is 0 Å². The summed E-state index contributed by atoms with van der Waals surface area (Å²) in [6.07, 6.45) is 2.28. The van der Waals surface area contributed by atoms with E-state index in [0.717, 1.165) is 23.2 Å². The Hall–Kier alpha value is -3.26. The number of rotatable bonds is 6. The lowest BCUT2D eigenvalue weighted by Gasteiger charge is -2.11. The molecule has 0 unspecified atom stereocenters. The van der Waals surface area contributed by atoms with Crippen molar-refractivity contribution < 1.29 is 9.53 Å². The van der Waals surface area contributed by atoms with Gasteiger partial charge in [-0.3, -0.25) is 4.79 Å². The Balaban J connectivity index is 2.19. The van der Waals surface area contributed by atoms with E-state index in [2.05, 4.69) is 10.6 Å². The summed E-state index contributed by atoms with van der Waals surface area (Å²) < 4.78 is 5.24. The third-order valence-corrected chi connectivity index (χ3v) is 3.74. The number of carbonyl (C=O) groups is 1. The van der Waals surface area contributed by atoms with Crippen LogP contribution in [0.5, 0.6) is 5.75 Å². The first kappa shape index (κ1) is 18.1. The summed E-state index contributed by atoms with van der Waals surface area (Å²) in [6.45, 7) is 3.96. The molecule has 0 saturated carbocycles. The van der Waals surface area contributed by atoms with Crippen LogP contribution in [0.25, 0.3) is 0 Å². The Bertz CT molecular complexity index is 835. The first-order valence-electron chi connectivity index (χ1n) is 7.99. The summed E-state index contributed by atoms with van der Waals surface area (Å²) in [5, 5.41) is 15.1. The highest BCUT2D eigenvalue weighted by Gasteiger charge is 2.12. The van der Waals surface area contributed by atoms with Crippen LogP contribution in [0.15, 0.2) is 54.2 Å². The van der Waals surface area contributed by atoms with Gasteiger partial charge in [0.05, 0.1) is 12.8 Å². The maximum Gasteiger partial charge on any atom is 0.267 e. The SMILES string of the molecule is CCc1ccccc1N/C=C(/C#N)C(=O)Nc1cc(C)ccc1OC. The van der Waals surface area contributed by atoms with Crippen LogP contribution in [0.3, 0.4) is 0 Å². The molecule has 2 rings (SSSR count). The quantitative estimate of drug-likeness (QED) is 0.617. The molecule has 0 aliphatic rings. The molecule has 0 atom stereocenters. The van der Waals surface area contributed by atoms with Crippen molar-refractivity contribution in [1.82, 2.24) is 0 Å². The number of carbonyl (C=O) groups excluding carboxylic acids is 1. The van der Waals surface area contributed by atoms with Gasteiger partial charge in [0.1, 0.15) is 17.4 Å². The van der Waals surface area contributed by atoms with Crippen LogP contribution < -0.4 is 15.4 Å². The molecule has 5 heteroatoms. The number of ether oxygens (including phenoxy) is 1. The Morgan fingerprint density at radius 3 is 2.68 bits per heavy atom. The maximum absolute atomic E-state index is 12.4. The molecule has 2 aromatic carbocycles. The predicted octanol–water partition coefficient (Wildman–Crippen LogP) is 4.02. The van der Waals surface area contributed by atoms with E-state index in [-0.39, 0.29) is 5.57 Å². The van der Waals surface area contributed by atoms with Gasteiger partial charge in [-0.2, -0.15) is 5.26 Å². The number of amides is 1. The van der Waals surface area contributed by atoms with Crippen molar-refractivity contribution in [2.45, 2.75) is 20.3 Å². The van der Waals surface area contributed by atoms with Gasteiger partial charge >= 0.3 is 0 Å². The molecule has 0 spiro atoms. The lowest BCUT2D eigenvalue weighted by Crippen LogP contribution is -2.15. The van der Waals surface area contributed by atoms with Gasteiger partial charge < -0.3 is 15.4 Å². The number of hydrogen-bond donors (Lipinski definition) is 2. The molecule has 128 valence electrons. The molecule has 1 amide bonds. The van der Waals surface area contributed by atoms with Gasteiger partial charge in [-0.25, -0.2) is 0 Å². The van der Waals surface area contributed by atoms with Crippen LogP contribution in [0.2, 0.25) is 0 Å². The highest BCUT2D eigenvalue weighted by atomic mass is 16.5. The molecule has 0 radical (unpaired) electrons. The highest BCUT2D eigenvalue weighted by Crippen LogP contribution is 2.25. The first-order valence-corrected chi connectivity index (χ1v) is 7.99. The van der Waals surface area contributed by atoms with Crippen molar-refractivity contribution in [1.29, 1.82) is 5.26 Å². The molecule has 0 heterocycles. The van der Waals surface area contributed by atoms with Crippen molar-refractivity contribution in [3.05, 3.63) is 65.4 Å². The van der Waals surface area contributed by atoms with E-state index in [4.69, 9.17) is 4.74 Å². The topological polar surface area (TPSA) is 74.2 Å². The number of methoxy groups -OCH3 is 1. The summed E-state index contributed by atoms with van der Waals surface area (Å²) in [6, 6.07) is 15.2. The highest BCUT2D eigenvalue weighted by molar-refractivity contribution is 6.07. The second-order valence-corrected chi connectivity index (χ2v) is 5.48. The molecular weight excluding hydrogens is 314 g/mol. The minimum atomic E-state index is -0.493. The van der Waals surface area contributed by atoms with Gasteiger partial charge in [-0.05, 0) is 42.7 Å². The zero-order chi connectivity index (χ0) is 18.2. The van der Waals surface area contributed by atoms with Crippen molar-refractivity contribution >= 4 is 17.3 Å². The minimum absolute atomic E-state index is 0.0190. The number of nitriles is 1. The summed E-state index contributed by atoms with van der Waals surface area (Å²) in [4.78, 5) is 12.4. The first-order chi connectivity index (χ1) is 12.1. The van der Waals surface area contributed by atoms with Crippen molar-refractivity contribution in [2.24, 2.45) is 0 Å². The van der Waals surface area contributed by atoms with Crippen molar-refractivity contribution in [3.63, 3.8) is 0 Å². The van der Waals surface area contributed by atoms with Crippen molar-refractivity contribution in [2.75, 3.05) is 17.7 Å². The van der Waals surface area contributed by atoms with E-state index in [1.54, 1.807) is 12.1 Å². The predicted molar refractivity (Wildman–Crippen MR) is 99.5 cm³/mol. The van der Waals surface area contributed by atoms with Crippen LogP contribution in [0.4, 0.5) is 11.4 Å². The second-order valence-electron chi connectivity index (χ2n) is 5.48. The van der Waals surface area contributed by atoms with Crippen LogP contribution in [-0.2, 0) is 11.2 Å². The number of hydrogen-bond acceptors (Lipinski definition) is 4. The fraction of sp³-hybridized carbons (Fsp3) is 0.200. The Labute approximate surface area is 147 Å². The molecular formula is C20H21N3O2. The molecule has 0 bridgehead atoms. The number of para-hydroxylation sites is 1. The molecule has 0 saturated heterocycles. The van der Waals surface area contributed by atoms with Crippen molar-refractivity contribution in [3.8, 4) is 11.8 Å². The monoisotopic (exact) mass is 335 g/mol. The second kappa shape index (κ2) is 8.55. The van der Waals surface area contributed by atoms with E-state index >= 15 is 0 Å². The average molecular weight is 335 g/mol. The van der Waals surface area contributed by atoms with Gasteiger partial charge in [0.2, 0.25) is 0 Å². The molecule has 0 aromatic heterocycles. The zero-order valence-electron chi connectivity index (χ0n) is 14.6. The number of anilines is 2. The average Bonchev–Trinajstić information content (AvgIpc) is 2.62. The van der Waals surface area contributed by atoms with Crippen LogP contribution in [0, 0.1) is 18.3 Å². The number of aryl methyl sites for hydroxylation is 2. The summed E-state index contributed by atoms with van der Waals surface area (Å²) in [5.74, 6) is 0.0495. The zero-order valence-corrected chi connectivity index (χ0v) is 14.6. The maximum atomic E-state index is 12.4. The molecule has 0 fully saturated rings. The molecule has 2 aromatic rings. The van der Waals surface area contributed by atoms with E-state index in [1.165, 1.54) is 13.3 Å². The summed E-state index contributed by atoms with van der Waals surface area (Å²) in [5.41, 5.74) is 3.47. The van der Waals surface area contributed by atoms with E-state index in [0.29, 0.717) is 11.4 Å². The number of benzene rings is 2. The number of nitrogens with one attached hydrogen (secondary N) is 2. The molecule has 0 aliphatic heterocycles. The van der Waals surface area contributed by atoms with Gasteiger partial charge in [0, 0.05) is 11.9 Å². The lowest BCUT2D eigenvalue weighted by atomic mass is 10.1. The summed E-state index contributed by atoms with van der Waals surface area (Å²) in [7, 11) is 1.53. The minimum Gasteiger partial charge on any atom is -0.495 e. The Morgan fingerprint density at radius 2 is 2.00 bits per heavy atom. The van der Waals surface area contributed by atoms with Gasteiger partial charge in [-0.15, -0.1) is 0 Å². The van der Waals surface area contributed by atoms with E-state index < -0.39 is 5.91 Å². The fourth-order valence-electron chi connectivity index (χ4n) is 2.38. The van der Waals surface area contributed by atoms with E-state index in [1.807, 2.05) is 50.2 Å².